The number of para-hydroxylation sites is 1. The van der Waals surface area contributed by atoms with Crippen LogP contribution in [0.5, 0.6) is 0 Å². The van der Waals surface area contributed by atoms with Crippen LogP contribution in [-0.4, -0.2) is 5.91 Å². The zero-order valence-corrected chi connectivity index (χ0v) is 11.9. The molecular weight excluding hydrogens is 246 g/mol. The molecule has 1 fully saturated rings. The fourth-order valence-corrected chi connectivity index (χ4v) is 4.01. The lowest BCUT2D eigenvalue weighted by Crippen LogP contribution is -2.47. The molecule has 2 bridgehead atoms. The molecule has 102 valence electrons. The predicted octanol–water partition coefficient (Wildman–Crippen LogP) is 4.01. The van der Waals surface area contributed by atoms with Crippen molar-refractivity contribution >= 4 is 17.2 Å². The summed E-state index contributed by atoms with van der Waals surface area (Å²) in [5.74, 6) is 1.49. The largest absolute Gasteiger partial charge is 0.321 e. The maximum Gasteiger partial charge on any atom is 0.256 e. The molecule has 2 nitrogen and oxygen atoms in total. The second-order valence-electron chi connectivity index (χ2n) is 6.80. The van der Waals surface area contributed by atoms with Crippen LogP contribution in [0.2, 0.25) is 0 Å². The smallest absolute Gasteiger partial charge is 0.256 e. The molecule has 2 heteroatoms. The first-order chi connectivity index (χ1) is 9.57. The average Bonchev–Trinajstić information content (AvgIpc) is 2.75. The Morgan fingerprint density at radius 3 is 2.85 bits per heavy atom. The Balaban J connectivity index is 1.75. The van der Waals surface area contributed by atoms with Gasteiger partial charge in [-0.3, -0.25) is 4.79 Å². The van der Waals surface area contributed by atoms with E-state index in [1.165, 1.54) is 12.0 Å². The lowest BCUT2D eigenvalue weighted by atomic mass is 9.49. The van der Waals surface area contributed by atoms with Gasteiger partial charge >= 0.3 is 0 Å². The van der Waals surface area contributed by atoms with Crippen LogP contribution in [-0.2, 0) is 4.79 Å². The highest BCUT2D eigenvalue weighted by Gasteiger charge is 2.50. The van der Waals surface area contributed by atoms with Crippen LogP contribution in [0.1, 0.15) is 32.3 Å². The number of fused-ring (bicyclic) bond motifs is 2. The lowest BCUT2D eigenvalue weighted by Gasteiger charge is -2.56. The van der Waals surface area contributed by atoms with E-state index in [0.717, 1.165) is 29.2 Å². The third-order valence-electron chi connectivity index (χ3n) is 5.53. The first kappa shape index (κ1) is 12.0. The quantitative estimate of drug-likeness (QED) is 0.764. The van der Waals surface area contributed by atoms with Gasteiger partial charge in [0.2, 0.25) is 0 Å². The summed E-state index contributed by atoms with van der Waals surface area (Å²) in [5, 5.41) is 2.95. The fourth-order valence-electron chi connectivity index (χ4n) is 4.01. The van der Waals surface area contributed by atoms with Crippen molar-refractivity contribution in [2.75, 3.05) is 5.32 Å². The minimum Gasteiger partial charge on any atom is -0.321 e. The van der Waals surface area contributed by atoms with E-state index >= 15 is 0 Å². The Kier molecular flexibility index (Phi) is 2.30. The molecule has 2 atom stereocenters. The van der Waals surface area contributed by atoms with Crippen molar-refractivity contribution in [2.45, 2.75) is 26.7 Å². The van der Waals surface area contributed by atoms with Gasteiger partial charge in [0.15, 0.2) is 0 Å². The topological polar surface area (TPSA) is 29.1 Å². The molecule has 5 rings (SSSR count). The van der Waals surface area contributed by atoms with Crippen molar-refractivity contribution in [3.63, 3.8) is 0 Å². The average molecular weight is 265 g/mol. The predicted molar refractivity (Wildman–Crippen MR) is 81.1 cm³/mol. The molecule has 1 aromatic rings. The second kappa shape index (κ2) is 3.85. The number of benzene rings is 1. The molecule has 1 amide bonds. The van der Waals surface area contributed by atoms with Gasteiger partial charge in [-0.15, -0.1) is 0 Å². The second-order valence-corrected chi connectivity index (χ2v) is 6.80. The molecule has 0 spiro atoms. The summed E-state index contributed by atoms with van der Waals surface area (Å²) in [5.41, 5.74) is 4.56. The van der Waals surface area contributed by atoms with Gasteiger partial charge in [0.05, 0.1) is 0 Å². The molecule has 0 aromatic heterocycles. The van der Waals surface area contributed by atoms with E-state index in [1.807, 2.05) is 24.3 Å². The summed E-state index contributed by atoms with van der Waals surface area (Å²) in [6, 6.07) is 7.94. The fraction of sp³-hybridized carbons (Fsp3) is 0.389. The molecule has 1 heterocycles. The van der Waals surface area contributed by atoms with E-state index < -0.39 is 0 Å². The van der Waals surface area contributed by atoms with Crippen LogP contribution >= 0.6 is 0 Å². The van der Waals surface area contributed by atoms with Crippen molar-refractivity contribution in [1.29, 1.82) is 0 Å². The number of allylic oxidation sites excluding steroid dienone is 3. The molecule has 4 aliphatic rings. The Morgan fingerprint density at radius 1 is 1.30 bits per heavy atom. The first-order valence-electron chi connectivity index (χ1n) is 7.40. The van der Waals surface area contributed by atoms with E-state index in [1.54, 1.807) is 0 Å². The van der Waals surface area contributed by atoms with Crippen LogP contribution in [0.15, 0.2) is 42.0 Å². The number of amides is 1. The molecule has 1 saturated carbocycles. The first-order valence-corrected chi connectivity index (χ1v) is 7.40. The van der Waals surface area contributed by atoms with Gasteiger partial charge in [-0.2, -0.15) is 0 Å². The van der Waals surface area contributed by atoms with Gasteiger partial charge < -0.3 is 5.32 Å². The SMILES string of the molecule is CC1(C)C2CC=C(C=C3C(=O)Nc4ccccc43)C1C2. The van der Waals surface area contributed by atoms with Gasteiger partial charge in [-0.05, 0) is 47.8 Å². The number of hydrogen-bond acceptors (Lipinski definition) is 1. The molecule has 0 radical (unpaired) electrons. The zero-order valence-electron chi connectivity index (χ0n) is 11.9. The molecule has 2 unspecified atom stereocenters. The maximum absolute atomic E-state index is 12.2. The highest BCUT2D eigenvalue weighted by molar-refractivity contribution is 6.31. The summed E-state index contributed by atoms with van der Waals surface area (Å²) in [6.45, 7) is 4.72. The summed E-state index contributed by atoms with van der Waals surface area (Å²) in [6.07, 6.45) is 6.91. The third-order valence-corrected chi connectivity index (χ3v) is 5.53. The molecule has 0 saturated heterocycles. The Bertz CT molecular complexity index is 666. The van der Waals surface area contributed by atoms with E-state index in [4.69, 9.17) is 0 Å². The molecular formula is C18H19NO. The van der Waals surface area contributed by atoms with Crippen molar-refractivity contribution in [3.05, 3.63) is 47.6 Å². The zero-order chi connectivity index (χ0) is 13.9. The summed E-state index contributed by atoms with van der Waals surface area (Å²) >= 11 is 0. The minimum absolute atomic E-state index is 0.0337. The summed E-state index contributed by atoms with van der Waals surface area (Å²) in [7, 11) is 0. The maximum atomic E-state index is 12.2. The molecule has 20 heavy (non-hydrogen) atoms. The van der Waals surface area contributed by atoms with Crippen molar-refractivity contribution < 1.29 is 4.79 Å². The van der Waals surface area contributed by atoms with Crippen LogP contribution in [0.25, 0.3) is 5.57 Å². The highest BCUT2D eigenvalue weighted by Crippen LogP contribution is 2.59. The standard InChI is InChI=1S/C18H19NO/c1-18(2)12-8-7-11(15(18)10-12)9-14-13-5-3-4-6-16(13)19-17(14)20/h3-7,9,12,15H,8,10H2,1-2H3,(H,19,20). The van der Waals surface area contributed by atoms with E-state index in [0.29, 0.717) is 11.3 Å². The van der Waals surface area contributed by atoms with Crippen LogP contribution < -0.4 is 5.32 Å². The highest BCUT2D eigenvalue weighted by atomic mass is 16.2. The number of rotatable bonds is 1. The Morgan fingerprint density at radius 2 is 2.10 bits per heavy atom. The number of anilines is 1. The molecule has 1 N–H and O–H groups in total. The minimum atomic E-state index is 0.0337. The lowest BCUT2D eigenvalue weighted by molar-refractivity contribution is -0.110. The monoisotopic (exact) mass is 265 g/mol. The summed E-state index contributed by atoms with van der Waals surface area (Å²) < 4.78 is 0. The Hall–Kier alpha value is -1.83. The van der Waals surface area contributed by atoms with Gasteiger partial charge in [0.25, 0.3) is 5.91 Å². The normalized spacial score (nSPS) is 31.4. The number of carbonyl (C=O) groups is 1. The van der Waals surface area contributed by atoms with Crippen molar-refractivity contribution in [3.8, 4) is 0 Å². The van der Waals surface area contributed by atoms with Gasteiger partial charge in [-0.1, -0.05) is 38.1 Å². The number of nitrogens with one attached hydrogen (secondary N) is 1. The molecule has 1 aliphatic heterocycles. The van der Waals surface area contributed by atoms with E-state index in [9.17, 15) is 4.79 Å². The van der Waals surface area contributed by atoms with Gasteiger partial charge in [0, 0.05) is 16.8 Å². The number of carbonyl (C=O) groups excluding carboxylic acids is 1. The van der Waals surface area contributed by atoms with Gasteiger partial charge in [-0.25, -0.2) is 0 Å². The molecule has 1 aromatic carbocycles. The van der Waals surface area contributed by atoms with E-state index in [-0.39, 0.29) is 5.91 Å². The van der Waals surface area contributed by atoms with Crippen LogP contribution in [0.3, 0.4) is 0 Å². The number of hydrogen-bond donors (Lipinski definition) is 1. The Labute approximate surface area is 119 Å². The van der Waals surface area contributed by atoms with Crippen molar-refractivity contribution in [2.24, 2.45) is 17.3 Å². The third kappa shape index (κ3) is 1.48. The summed E-state index contributed by atoms with van der Waals surface area (Å²) in [4.78, 5) is 12.2. The molecule has 3 aliphatic carbocycles. The van der Waals surface area contributed by atoms with Crippen molar-refractivity contribution in [1.82, 2.24) is 0 Å². The van der Waals surface area contributed by atoms with E-state index in [2.05, 4.69) is 31.3 Å². The van der Waals surface area contributed by atoms with Crippen LogP contribution in [0, 0.1) is 17.3 Å². The van der Waals surface area contributed by atoms with Gasteiger partial charge in [0.1, 0.15) is 0 Å². The van der Waals surface area contributed by atoms with Crippen LogP contribution in [0.4, 0.5) is 5.69 Å².